The average Bonchev–Trinajstić information content (AvgIpc) is 2.67. The minimum absolute atomic E-state index is 0. The largest absolute Gasteiger partial charge is 0.338 e. The lowest BCUT2D eigenvalue weighted by Crippen LogP contribution is -2.33. The molecular weight excluding hydrogens is 317 g/mol. The molecule has 7 heteroatoms. The highest BCUT2D eigenvalue weighted by atomic mass is 35.5. The Labute approximate surface area is 138 Å². The number of thiazole rings is 1. The van der Waals surface area contributed by atoms with Crippen molar-refractivity contribution in [2.45, 2.75) is 52.6 Å². The van der Waals surface area contributed by atoms with Gasteiger partial charge in [-0.1, -0.05) is 6.92 Å². The first-order valence-corrected chi connectivity index (χ1v) is 7.15. The Hall–Kier alpha value is -0.360. The third-order valence-electron chi connectivity index (χ3n) is 3.03. The summed E-state index contributed by atoms with van der Waals surface area (Å²) in [6.07, 6.45) is 1.33. The molecule has 0 aliphatic heterocycles. The predicted molar refractivity (Wildman–Crippen MR) is 90.2 cm³/mol. The molecule has 0 saturated heterocycles. The van der Waals surface area contributed by atoms with Crippen LogP contribution in [0, 0.1) is 6.92 Å². The molecule has 0 aliphatic rings. The topological polar surface area (TPSA) is 59.2 Å². The van der Waals surface area contributed by atoms with Crippen molar-refractivity contribution in [1.82, 2.24) is 9.88 Å². The second-order valence-corrected chi connectivity index (χ2v) is 5.89. The van der Waals surface area contributed by atoms with Crippen LogP contribution in [0.1, 0.15) is 48.8 Å². The molecule has 0 spiro atoms. The fourth-order valence-corrected chi connectivity index (χ4v) is 2.92. The molecule has 0 bridgehead atoms. The molecule has 2 N–H and O–H groups in total. The van der Waals surface area contributed by atoms with Gasteiger partial charge >= 0.3 is 0 Å². The van der Waals surface area contributed by atoms with Crippen molar-refractivity contribution in [2.75, 3.05) is 7.05 Å². The van der Waals surface area contributed by atoms with Crippen molar-refractivity contribution in [2.24, 2.45) is 5.73 Å². The Kier molecular flexibility index (Phi) is 10.5. The summed E-state index contributed by atoms with van der Waals surface area (Å²) in [6.45, 7) is 7.99. The smallest absolute Gasteiger partial charge is 0.224 e. The number of hydrogen-bond donors (Lipinski definition) is 1. The van der Waals surface area contributed by atoms with Crippen LogP contribution in [0.5, 0.6) is 0 Å². The second-order valence-electron chi connectivity index (χ2n) is 4.77. The summed E-state index contributed by atoms with van der Waals surface area (Å²) in [7, 11) is 1.83. The number of aryl methyl sites for hydroxylation is 2. The van der Waals surface area contributed by atoms with E-state index in [1.807, 2.05) is 27.8 Å². The maximum absolute atomic E-state index is 12.0. The first-order valence-electron chi connectivity index (χ1n) is 6.34. The van der Waals surface area contributed by atoms with E-state index in [0.29, 0.717) is 6.42 Å². The molecule has 0 aromatic carbocycles. The lowest BCUT2D eigenvalue weighted by atomic mass is 10.1. The zero-order valence-corrected chi connectivity index (χ0v) is 15.1. The van der Waals surface area contributed by atoms with Crippen LogP contribution >= 0.6 is 36.2 Å². The minimum Gasteiger partial charge on any atom is -0.338 e. The van der Waals surface area contributed by atoms with E-state index >= 15 is 0 Å². The maximum atomic E-state index is 12.0. The highest BCUT2D eigenvalue weighted by molar-refractivity contribution is 7.11. The van der Waals surface area contributed by atoms with Crippen LogP contribution in [0.15, 0.2) is 0 Å². The first kappa shape index (κ1) is 21.9. The molecule has 0 fully saturated rings. The third kappa shape index (κ3) is 5.56. The molecule has 1 heterocycles. The molecule has 4 nitrogen and oxygen atoms in total. The van der Waals surface area contributed by atoms with Crippen LogP contribution in [0.3, 0.4) is 0 Å². The van der Waals surface area contributed by atoms with E-state index < -0.39 is 0 Å². The molecule has 0 saturated carbocycles. The number of amides is 1. The summed E-state index contributed by atoms with van der Waals surface area (Å²) in [5, 5.41) is 1.13. The lowest BCUT2D eigenvalue weighted by Gasteiger charge is -2.25. The zero-order valence-electron chi connectivity index (χ0n) is 12.7. The number of halogens is 2. The molecule has 1 aromatic heterocycles. The third-order valence-corrected chi connectivity index (χ3v) is 4.50. The van der Waals surface area contributed by atoms with Crippen molar-refractivity contribution in [3.8, 4) is 0 Å². The van der Waals surface area contributed by atoms with Crippen LogP contribution in [0.4, 0.5) is 0 Å². The van der Waals surface area contributed by atoms with E-state index in [1.54, 1.807) is 16.2 Å². The first-order chi connectivity index (χ1) is 8.36. The van der Waals surface area contributed by atoms with Crippen LogP contribution in [0.25, 0.3) is 0 Å². The molecule has 2 atom stereocenters. The Morgan fingerprint density at radius 2 is 1.95 bits per heavy atom. The summed E-state index contributed by atoms with van der Waals surface area (Å²) in [5.41, 5.74) is 6.70. The van der Waals surface area contributed by atoms with Crippen LogP contribution in [-0.2, 0) is 11.2 Å². The Morgan fingerprint density at radius 1 is 1.40 bits per heavy atom. The number of hydrogen-bond acceptors (Lipinski definition) is 4. The van der Waals surface area contributed by atoms with Crippen molar-refractivity contribution in [1.29, 1.82) is 0 Å². The second kappa shape index (κ2) is 9.55. The zero-order chi connectivity index (χ0) is 13.9. The van der Waals surface area contributed by atoms with Gasteiger partial charge in [-0.15, -0.1) is 36.2 Å². The SMILES string of the molecule is CCc1nc(C)c(C(C)N(C)C(=O)CC(C)N)s1.Cl.Cl. The number of carbonyl (C=O) groups is 1. The average molecular weight is 342 g/mol. The van der Waals surface area contributed by atoms with Gasteiger partial charge in [-0.25, -0.2) is 4.98 Å². The summed E-state index contributed by atoms with van der Waals surface area (Å²) in [4.78, 5) is 19.4. The number of carbonyl (C=O) groups excluding carboxylic acids is 1. The molecular formula is C13H25Cl2N3OS. The van der Waals surface area contributed by atoms with Crippen LogP contribution in [-0.4, -0.2) is 28.9 Å². The Balaban J connectivity index is 0. The van der Waals surface area contributed by atoms with Gasteiger partial charge in [0.15, 0.2) is 0 Å². The van der Waals surface area contributed by atoms with Gasteiger partial charge in [0.1, 0.15) is 0 Å². The van der Waals surface area contributed by atoms with E-state index in [0.717, 1.165) is 17.1 Å². The van der Waals surface area contributed by atoms with E-state index in [2.05, 4.69) is 11.9 Å². The molecule has 1 aromatic rings. The molecule has 0 radical (unpaired) electrons. The van der Waals surface area contributed by atoms with Gasteiger partial charge in [0.05, 0.1) is 16.7 Å². The highest BCUT2D eigenvalue weighted by Gasteiger charge is 2.22. The van der Waals surface area contributed by atoms with E-state index in [9.17, 15) is 4.79 Å². The van der Waals surface area contributed by atoms with Crippen molar-refractivity contribution >= 4 is 42.1 Å². The molecule has 1 rings (SSSR count). The minimum atomic E-state index is -0.0964. The van der Waals surface area contributed by atoms with E-state index in [1.165, 1.54) is 4.88 Å². The Morgan fingerprint density at radius 3 is 2.35 bits per heavy atom. The highest BCUT2D eigenvalue weighted by Crippen LogP contribution is 2.29. The monoisotopic (exact) mass is 341 g/mol. The normalized spacial score (nSPS) is 12.9. The van der Waals surface area contributed by atoms with Gasteiger partial charge in [-0.2, -0.15) is 0 Å². The van der Waals surface area contributed by atoms with Gasteiger partial charge in [0, 0.05) is 24.4 Å². The number of nitrogens with two attached hydrogens (primary N) is 1. The summed E-state index contributed by atoms with van der Waals surface area (Å²) in [6, 6.07) is -0.0324. The number of nitrogens with zero attached hydrogens (tertiary/aromatic N) is 2. The van der Waals surface area contributed by atoms with Gasteiger partial charge in [0.25, 0.3) is 0 Å². The number of rotatable bonds is 5. The van der Waals surface area contributed by atoms with Crippen molar-refractivity contribution in [3.63, 3.8) is 0 Å². The van der Waals surface area contributed by atoms with Gasteiger partial charge in [0.2, 0.25) is 5.91 Å². The van der Waals surface area contributed by atoms with Crippen molar-refractivity contribution in [3.05, 3.63) is 15.6 Å². The maximum Gasteiger partial charge on any atom is 0.224 e. The van der Waals surface area contributed by atoms with E-state index in [-0.39, 0.29) is 42.8 Å². The van der Waals surface area contributed by atoms with Crippen LogP contribution in [0.2, 0.25) is 0 Å². The number of aromatic nitrogens is 1. The quantitative estimate of drug-likeness (QED) is 0.894. The molecule has 20 heavy (non-hydrogen) atoms. The summed E-state index contributed by atoms with van der Waals surface area (Å²) >= 11 is 1.70. The predicted octanol–water partition coefficient (Wildman–Crippen LogP) is 3.11. The van der Waals surface area contributed by atoms with Crippen molar-refractivity contribution < 1.29 is 4.79 Å². The molecule has 118 valence electrons. The molecule has 0 aliphatic carbocycles. The Bertz CT molecular complexity index is 424. The molecule has 2 unspecified atom stereocenters. The lowest BCUT2D eigenvalue weighted by molar-refractivity contribution is -0.132. The van der Waals surface area contributed by atoms with Gasteiger partial charge < -0.3 is 10.6 Å². The van der Waals surface area contributed by atoms with E-state index in [4.69, 9.17) is 5.73 Å². The standard InChI is InChI=1S/C13H23N3OS.2ClH/c1-6-11-15-9(3)13(18-11)10(4)16(5)12(17)7-8(2)14;;/h8,10H,6-7,14H2,1-5H3;2*1H. The molecule has 1 amide bonds. The fraction of sp³-hybridized carbons (Fsp3) is 0.692. The van der Waals surface area contributed by atoms with Gasteiger partial charge in [-0.3, -0.25) is 4.79 Å². The fourth-order valence-electron chi connectivity index (χ4n) is 1.82. The van der Waals surface area contributed by atoms with Gasteiger partial charge in [-0.05, 0) is 27.2 Å². The summed E-state index contributed by atoms with van der Waals surface area (Å²) in [5.74, 6) is 0.0864. The summed E-state index contributed by atoms with van der Waals surface area (Å²) < 4.78 is 0. The van der Waals surface area contributed by atoms with Crippen LogP contribution < -0.4 is 5.73 Å².